The molecule has 1 aromatic carbocycles. The molecule has 2 heterocycles. The summed E-state index contributed by atoms with van der Waals surface area (Å²) in [6.45, 7) is 4.72. The molecule has 2 aliphatic heterocycles. The lowest BCUT2D eigenvalue weighted by atomic mass is 9.78. The van der Waals surface area contributed by atoms with Crippen molar-refractivity contribution >= 4 is 5.91 Å². The average Bonchev–Trinajstić information content (AvgIpc) is 2.35. The Morgan fingerprint density at radius 2 is 2.06 bits per heavy atom. The fourth-order valence-corrected chi connectivity index (χ4v) is 3.19. The van der Waals surface area contributed by atoms with E-state index in [0.29, 0.717) is 6.04 Å². The fraction of sp³-hybridized carbons (Fsp3) is 0.533. The number of fused-ring (bicyclic) bond motifs is 1. The summed E-state index contributed by atoms with van der Waals surface area (Å²) in [6.07, 6.45) is 1.82. The van der Waals surface area contributed by atoms with Gasteiger partial charge in [-0.3, -0.25) is 4.79 Å². The second-order valence-electron chi connectivity index (χ2n) is 5.66. The summed E-state index contributed by atoms with van der Waals surface area (Å²) >= 11 is 0. The van der Waals surface area contributed by atoms with Crippen LogP contribution in [-0.4, -0.2) is 29.2 Å². The first-order valence-corrected chi connectivity index (χ1v) is 6.61. The van der Waals surface area contributed by atoms with Gasteiger partial charge in [0.15, 0.2) is 0 Å². The maximum absolute atomic E-state index is 12.3. The number of β-lactam (4-membered cyclic amide) rings is 1. The molecule has 1 aromatic rings. The molecule has 0 N–H and O–H groups in total. The molecule has 0 aromatic heterocycles. The van der Waals surface area contributed by atoms with E-state index in [1.54, 1.807) is 0 Å². The molecule has 0 bridgehead atoms. The summed E-state index contributed by atoms with van der Waals surface area (Å²) in [5.41, 5.74) is 0.826. The highest BCUT2D eigenvalue weighted by Gasteiger charge is 2.55. The van der Waals surface area contributed by atoms with Crippen molar-refractivity contribution in [1.82, 2.24) is 4.90 Å². The topological polar surface area (TPSA) is 29.5 Å². The van der Waals surface area contributed by atoms with Crippen LogP contribution in [-0.2, 0) is 16.0 Å². The van der Waals surface area contributed by atoms with E-state index in [1.807, 2.05) is 36.9 Å². The van der Waals surface area contributed by atoms with Crippen LogP contribution in [0.25, 0.3) is 0 Å². The predicted octanol–water partition coefficient (Wildman–Crippen LogP) is 2.21. The van der Waals surface area contributed by atoms with Crippen LogP contribution in [0.15, 0.2) is 30.3 Å². The fourth-order valence-electron chi connectivity index (χ4n) is 3.19. The van der Waals surface area contributed by atoms with Gasteiger partial charge in [0, 0.05) is 6.04 Å². The van der Waals surface area contributed by atoms with Crippen LogP contribution in [0, 0.1) is 5.92 Å². The van der Waals surface area contributed by atoms with Crippen LogP contribution in [0.1, 0.15) is 25.8 Å². The second-order valence-corrected chi connectivity index (χ2v) is 5.66. The average molecular weight is 245 g/mol. The summed E-state index contributed by atoms with van der Waals surface area (Å²) in [6, 6.07) is 10.6. The van der Waals surface area contributed by atoms with Crippen molar-refractivity contribution in [2.75, 3.05) is 6.61 Å². The van der Waals surface area contributed by atoms with Gasteiger partial charge in [0.1, 0.15) is 5.72 Å². The molecule has 0 aliphatic carbocycles. The zero-order valence-electron chi connectivity index (χ0n) is 10.9. The molecule has 0 saturated carbocycles. The molecule has 2 saturated heterocycles. The Kier molecular flexibility index (Phi) is 2.67. The predicted molar refractivity (Wildman–Crippen MR) is 68.9 cm³/mol. The third kappa shape index (κ3) is 1.74. The van der Waals surface area contributed by atoms with Crippen LogP contribution < -0.4 is 0 Å². The van der Waals surface area contributed by atoms with Gasteiger partial charge in [-0.2, -0.15) is 0 Å². The molecule has 96 valence electrons. The smallest absolute Gasteiger partial charge is 0.230 e. The molecule has 3 heteroatoms. The van der Waals surface area contributed by atoms with E-state index < -0.39 is 5.72 Å². The van der Waals surface area contributed by atoms with Crippen LogP contribution in [0.3, 0.4) is 0 Å². The number of hydrogen-bond donors (Lipinski definition) is 0. The Hall–Kier alpha value is -1.35. The first-order valence-electron chi connectivity index (χ1n) is 6.61. The van der Waals surface area contributed by atoms with E-state index in [9.17, 15) is 4.79 Å². The molecule has 0 spiro atoms. The lowest BCUT2D eigenvalue weighted by Gasteiger charge is -2.57. The highest BCUT2D eigenvalue weighted by atomic mass is 16.5. The van der Waals surface area contributed by atoms with Crippen molar-refractivity contribution in [3.63, 3.8) is 0 Å². The van der Waals surface area contributed by atoms with Gasteiger partial charge in [-0.25, -0.2) is 0 Å². The SMILES string of the molecule is CC1(C)OCCC2C(Cc3ccccc3)C(=O)N21. The standard InChI is InChI=1S/C15H19NO2/c1-15(2)16-13(8-9-18-15)12(14(16)17)10-11-6-4-3-5-7-11/h3-7,12-13H,8-10H2,1-2H3. The summed E-state index contributed by atoms with van der Waals surface area (Å²) in [5.74, 6) is 0.393. The maximum Gasteiger partial charge on any atom is 0.230 e. The molecule has 1 amide bonds. The van der Waals surface area contributed by atoms with Crippen LogP contribution in [0.5, 0.6) is 0 Å². The van der Waals surface area contributed by atoms with Crippen molar-refractivity contribution in [1.29, 1.82) is 0 Å². The highest BCUT2D eigenvalue weighted by Crippen LogP contribution is 2.41. The third-order valence-corrected chi connectivity index (χ3v) is 4.10. The van der Waals surface area contributed by atoms with Gasteiger partial charge >= 0.3 is 0 Å². The van der Waals surface area contributed by atoms with Gasteiger partial charge in [0.25, 0.3) is 0 Å². The highest BCUT2D eigenvalue weighted by molar-refractivity contribution is 5.87. The molecule has 2 atom stereocenters. The number of hydrogen-bond acceptors (Lipinski definition) is 2. The number of benzene rings is 1. The molecule has 2 aliphatic rings. The summed E-state index contributed by atoms with van der Waals surface area (Å²) < 4.78 is 5.67. The van der Waals surface area contributed by atoms with Crippen LogP contribution in [0.4, 0.5) is 0 Å². The number of amides is 1. The zero-order valence-corrected chi connectivity index (χ0v) is 10.9. The van der Waals surface area contributed by atoms with Gasteiger partial charge in [-0.05, 0) is 32.3 Å². The Bertz CT molecular complexity index is 455. The summed E-state index contributed by atoms with van der Waals surface area (Å²) in [4.78, 5) is 14.2. The van der Waals surface area contributed by atoms with E-state index >= 15 is 0 Å². The van der Waals surface area contributed by atoms with E-state index in [0.717, 1.165) is 19.4 Å². The van der Waals surface area contributed by atoms with Crippen molar-refractivity contribution in [2.45, 2.75) is 38.5 Å². The lowest BCUT2D eigenvalue weighted by molar-refractivity contribution is -0.232. The Labute approximate surface area is 108 Å². The molecular weight excluding hydrogens is 226 g/mol. The minimum absolute atomic E-state index is 0.149. The van der Waals surface area contributed by atoms with E-state index in [4.69, 9.17) is 4.74 Å². The van der Waals surface area contributed by atoms with Crippen molar-refractivity contribution < 1.29 is 9.53 Å². The number of carbonyl (C=O) groups excluding carboxylic acids is 1. The maximum atomic E-state index is 12.3. The molecule has 0 radical (unpaired) electrons. The Morgan fingerprint density at radius 1 is 1.33 bits per heavy atom. The minimum atomic E-state index is -0.423. The summed E-state index contributed by atoms with van der Waals surface area (Å²) in [5, 5.41) is 0. The van der Waals surface area contributed by atoms with E-state index in [1.165, 1.54) is 5.56 Å². The molecule has 18 heavy (non-hydrogen) atoms. The molecular formula is C15H19NO2. The number of nitrogens with zero attached hydrogens (tertiary/aromatic N) is 1. The first kappa shape index (κ1) is 11.7. The van der Waals surface area contributed by atoms with Gasteiger partial charge in [-0.1, -0.05) is 30.3 Å². The van der Waals surface area contributed by atoms with E-state index in [2.05, 4.69) is 12.1 Å². The number of carbonyl (C=O) groups is 1. The Balaban J connectivity index is 1.75. The monoisotopic (exact) mass is 245 g/mol. The van der Waals surface area contributed by atoms with Gasteiger partial charge in [0.05, 0.1) is 12.5 Å². The summed E-state index contributed by atoms with van der Waals surface area (Å²) in [7, 11) is 0. The third-order valence-electron chi connectivity index (χ3n) is 4.10. The van der Waals surface area contributed by atoms with Gasteiger partial charge in [0.2, 0.25) is 5.91 Å². The molecule has 2 unspecified atom stereocenters. The Morgan fingerprint density at radius 3 is 2.78 bits per heavy atom. The van der Waals surface area contributed by atoms with Crippen LogP contribution in [0.2, 0.25) is 0 Å². The van der Waals surface area contributed by atoms with Crippen molar-refractivity contribution in [3.8, 4) is 0 Å². The number of rotatable bonds is 2. The van der Waals surface area contributed by atoms with Crippen molar-refractivity contribution in [2.24, 2.45) is 5.92 Å². The van der Waals surface area contributed by atoms with Gasteiger partial charge in [-0.15, -0.1) is 0 Å². The largest absolute Gasteiger partial charge is 0.356 e. The number of ether oxygens (including phenoxy) is 1. The molecule has 3 nitrogen and oxygen atoms in total. The minimum Gasteiger partial charge on any atom is -0.356 e. The van der Waals surface area contributed by atoms with Crippen molar-refractivity contribution in [3.05, 3.63) is 35.9 Å². The van der Waals surface area contributed by atoms with E-state index in [-0.39, 0.29) is 11.8 Å². The lowest BCUT2D eigenvalue weighted by Crippen LogP contribution is -2.71. The first-order chi connectivity index (χ1) is 8.59. The second kappa shape index (κ2) is 4.09. The molecule has 2 fully saturated rings. The van der Waals surface area contributed by atoms with Crippen LogP contribution >= 0.6 is 0 Å². The quantitative estimate of drug-likeness (QED) is 0.748. The zero-order chi connectivity index (χ0) is 12.8. The molecule has 3 rings (SSSR count). The van der Waals surface area contributed by atoms with Gasteiger partial charge < -0.3 is 9.64 Å². The normalized spacial score (nSPS) is 29.7.